The summed E-state index contributed by atoms with van der Waals surface area (Å²) in [6.45, 7) is 6.77. The van der Waals surface area contributed by atoms with E-state index in [-0.39, 0.29) is 0 Å². The van der Waals surface area contributed by atoms with Gasteiger partial charge in [-0.15, -0.1) is 0 Å². The van der Waals surface area contributed by atoms with Gasteiger partial charge < -0.3 is 10.2 Å². The van der Waals surface area contributed by atoms with Gasteiger partial charge in [0.1, 0.15) is 0 Å². The van der Waals surface area contributed by atoms with Crippen LogP contribution < -0.4 is 5.32 Å². The summed E-state index contributed by atoms with van der Waals surface area (Å²) in [6, 6.07) is 6.80. The Balaban J connectivity index is 1.96. The molecule has 0 saturated carbocycles. The second-order valence-electron chi connectivity index (χ2n) is 6.72. The zero-order chi connectivity index (χ0) is 14.0. The van der Waals surface area contributed by atoms with Crippen LogP contribution in [-0.4, -0.2) is 32.1 Å². The highest BCUT2D eigenvalue weighted by molar-refractivity contribution is 6.30. The lowest BCUT2D eigenvalue weighted by Gasteiger charge is -2.30. The van der Waals surface area contributed by atoms with Gasteiger partial charge in [0.15, 0.2) is 0 Å². The molecule has 2 rings (SSSR count). The molecule has 0 fully saturated rings. The van der Waals surface area contributed by atoms with Crippen molar-refractivity contribution in [3.8, 4) is 0 Å². The molecule has 1 aliphatic carbocycles. The van der Waals surface area contributed by atoms with E-state index in [4.69, 9.17) is 11.6 Å². The van der Waals surface area contributed by atoms with E-state index in [1.165, 1.54) is 17.5 Å². The van der Waals surface area contributed by atoms with Crippen molar-refractivity contribution in [2.45, 2.75) is 32.7 Å². The minimum absolute atomic E-state index is 0.290. The van der Waals surface area contributed by atoms with Crippen LogP contribution in [0.1, 0.15) is 37.4 Å². The van der Waals surface area contributed by atoms with Crippen molar-refractivity contribution in [2.24, 2.45) is 5.41 Å². The number of halogens is 1. The number of hydrogen-bond donors (Lipinski definition) is 1. The molecule has 2 nitrogen and oxygen atoms in total. The van der Waals surface area contributed by atoms with Gasteiger partial charge in [0, 0.05) is 24.2 Å². The fourth-order valence-electron chi connectivity index (χ4n) is 3.11. The van der Waals surface area contributed by atoms with E-state index in [0.717, 1.165) is 24.5 Å². The average Bonchev–Trinajstić information content (AvgIpc) is 2.67. The molecule has 0 aliphatic heterocycles. The predicted molar refractivity (Wildman–Crippen MR) is 82.9 cm³/mol. The highest BCUT2D eigenvalue weighted by Crippen LogP contribution is 2.33. The Morgan fingerprint density at radius 1 is 1.37 bits per heavy atom. The van der Waals surface area contributed by atoms with E-state index in [1.807, 2.05) is 6.07 Å². The third-order valence-corrected chi connectivity index (χ3v) is 3.99. The molecule has 19 heavy (non-hydrogen) atoms. The number of nitrogens with zero attached hydrogens (tertiary/aromatic N) is 1. The Kier molecular flexibility index (Phi) is 4.54. The monoisotopic (exact) mass is 280 g/mol. The highest BCUT2D eigenvalue weighted by atomic mass is 35.5. The smallest absolute Gasteiger partial charge is 0.0408 e. The van der Waals surface area contributed by atoms with E-state index >= 15 is 0 Å². The molecule has 0 spiro atoms. The molecule has 0 saturated heterocycles. The molecule has 0 aromatic heterocycles. The molecule has 1 atom stereocenters. The van der Waals surface area contributed by atoms with Crippen LogP contribution in [-0.2, 0) is 6.42 Å². The summed E-state index contributed by atoms with van der Waals surface area (Å²) in [4.78, 5) is 2.25. The van der Waals surface area contributed by atoms with Crippen LogP contribution in [0.3, 0.4) is 0 Å². The zero-order valence-corrected chi connectivity index (χ0v) is 13.2. The van der Waals surface area contributed by atoms with Gasteiger partial charge in [0.2, 0.25) is 0 Å². The standard InChI is InChI=1S/C16H25ClN2/c1-16(2,11-19(3)4)10-18-15-8-5-12-9-13(17)6-7-14(12)15/h6-7,9,15,18H,5,8,10-11H2,1-4H3. The van der Waals surface area contributed by atoms with Crippen molar-refractivity contribution in [2.75, 3.05) is 27.2 Å². The average molecular weight is 281 g/mol. The number of rotatable bonds is 5. The molecule has 1 unspecified atom stereocenters. The lowest BCUT2D eigenvalue weighted by Crippen LogP contribution is -2.38. The second-order valence-corrected chi connectivity index (χ2v) is 7.15. The Morgan fingerprint density at radius 2 is 2.11 bits per heavy atom. The minimum Gasteiger partial charge on any atom is -0.309 e. The maximum absolute atomic E-state index is 6.05. The first kappa shape index (κ1) is 14.8. The van der Waals surface area contributed by atoms with Crippen LogP contribution in [0.4, 0.5) is 0 Å². The van der Waals surface area contributed by atoms with Crippen LogP contribution >= 0.6 is 11.6 Å². The van der Waals surface area contributed by atoms with E-state index in [2.05, 4.69) is 50.3 Å². The first-order valence-electron chi connectivity index (χ1n) is 7.04. The van der Waals surface area contributed by atoms with Crippen LogP contribution in [0.25, 0.3) is 0 Å². The normalized spacial score (nSPS) is 18.9. The molecular formula is C16H25ClN2. The van der Waals surface area contributed by atoms with Gasteiger partial charge in [0.25, 0.3) is 0 Å². The SMILES string of the molecule is CN(C)CC(C)(C)CNC1CCc2cc(Cl)ccc21. The number of fused-ring (bicyclic) bond motifs is 1. The third-order valence-electron chi connectivity index (χ3n) is 3.75. The van der Waals surface area contributed by atoms with Crippen molar-refractivity contribution in [1.82, 2.24) is 10.2 Å². The second kappa shape index (κ2) is 5.82. The van der Waals surface area contributed by atoms with Gasteiger partial charge in [-0.05, 0) is 55.6 Å². The van der Waals surface area contributed by atoms with Gasteiger partial charge in [-0.1, -0.05) is 31.5 Å². The van der Waals surface area contributed by atoms with Crippen LogP contribution in [0, 0.1) is 5.41 Å². The quantitative estimate of drug-likeness (QED) is 0.888. The van der Waals surface area contributed by atoms with Crippen molar-refractivity contribution in [3.63, 3.8) is 0 Å². The number of benzene rings is 1. The van der Waals surface area contributed by atoms with Gasteiger partial charge in [0.05, 0.1) is 0 Å². The minimum atomic E-state index is 0.290. The Hall–Kier alpha value is -0.570. The third kappa shape index (κ3) is 3.95. The van der Waals surface area contributed by atoms with Gasteiger partial charge in [-0.3, -0.25) is 0 Å². The topological polar surface area (TPSA) is 15.3 Å². The summed E-state index contributed by atoms with van der Waals surface area (Å²) >= 11 is 6.05. The molecule has 1 aromatic carbocycles. The molecule has 1 aliphatic rings. The molecular weight excluding hydrogens is 256 g/mol. The van der Waals surface area contributed by atoms with E-state index < -0.39 is 0 Å². The van der Waals surface area contributed by atoms with Crippen LogP contribution in [0.15, 0.2) is 18.2 Å². The van der Waals surface area contributed by atoms with E-state index in [1.54, 1.807) is 0 Å². The fourth-order valence-corrected chi connectivity index (χ4v) is 3.30. The molecule has 0 amide bonds. The molecule has 1 aromatic rings. The number of nitrogens with one attached hydrogen (secondary N) is 1. The fraction of sp³-hybridized carbons (Fsp3) is 0.625. The lowest BCUT2D eigenvalue weighted by molar-refractivity contribution is 0.225. The maximum Gasteiger partial charge on any atom is 0.0408 e. The molecule has 1 N–H and O–H groups in total. The Bertz CT molecular complexity index is 440. The molecule has 0 bridgehead atoms. The van der Waals surface area contributed by atoms with E-state index in [9.17, 15) is 0 Å². The van der Waals surface area contributed by atoms with Gasteiger partial charge in [-0.2, -0.15) is 0 Å². The maximum atomic E-state index is 6.05. The molecule has 0 radical (unpaired) electrons. The van der Waals surface area contributed by atoms with Gasteiger partial charge in [-0.25, -0.2) is 0 Å². The zero-order valence-electron chi connectivity index (χ0n) is 12.5. The van der Waals surface area contributed by atoms with E-state index in [0.29, 0.717) is 11.5 Å². The first-order chi connectivity index (χ1) is 8.87. The van der Waals surface area contributed by atoms with Crippen molar-refractivity contribution < 1.29 is 0 Å². The van der Waals surface area contributed by atoms with Crippen molar-refractivity contribution in [1.29, 1.82) is 0 Å². The summed E-state index contributed by atoms with van der Waals surface area (Å²) in [5, 5.41) is 4.59. The molecule has 3 heteroatoms. The first-order valence-corrected chi connectivity index (χ1v) is 7.42. The Labute approximate surface area is 122 Å². The Morgan fingerprint density at radius 3 is 2.79 bits per heavy atom. The van der Waals surface area contributed by atoms with Crippen molar-refractivity contribution >= 4 is 11.6 Å². The summed E-state index contributed by atoms with van der Waals surface area (Å²) in [6.07, 6.45) is 2.33. The lowest BCUT2D eigenvalue weighted by atomic mass is 9.92. The number of aryl methyl sites for hydroxylation is 1. The largest absolute Gasteiger partial charge is 0.309 e. The number of hydrogen-bond acceptors (Lipinski definition) is 2. The summed E-state index contributed by atoms with van der Waals surface area (Å²) in [7, 11) is 4.27. The summed E-state index contributed by atoms with van der Waals surface area (Å²) in [5.41, 5.74) is 3.14. The predicted octanol–water partition coefficient (Wildman–Crippen LogP) is 3.50. The highest BCUT2D eigenvalue weighted by Gasteiger charge is 2.25. The summed E-state index contributed by atoms with van der Waals surface area (Å²) in [5.74, 6) is 0. The molecule has 0 heterocycles. The van der Waals surface area contributed by atoms with Gasteiger partial charge >= 0.3 is 0 Å². The van der Waals surface area contributed by atoms with Crippen LogP contribution in [0.5, 0.6) is 0 Å². The molecule has 106 valence electrons. The summed E-state index contributed by atoms with van der Waals surface area (Å²) < 4.78 is 0. The van der Waals surface area contributed by atoms with Crippen LogP contribution in [0.2, 0.25) is 5.02 Å². The van der Waals surface area contributed by atoms with Crippen molar-refractivity contribution in [3.05, 3.63) is 34.3 Å².